The fourth-order valence-electron chi connectivity index (χ4n) is 3.96. The summed E-state index contributed by atoms with van der Waals surface area (Å²) >= 11 is 0. The number of amides is 1. The highest BCUT2D eigenvalue weighted by Crippen LogP contribution is 2.64. The van der Waals surface area contributed by atoms with Gasteiger partial charge in [0, 0.05) is 12.1 Å². The number of rotatable bonds is 4. The maximum absolute atomic E-state index is 13.9. The van der Waals surface area contributed by atoms with E-state index in [1.165, 1.54) is 0 Å². The van der Waals surface area contributed by atoms with Crippen molar-refractivity contribution in [3.05, 3.63) is 59.5 Å². The van der Waals surface area contributed by atoms with Gasteiger partial charge in [0.15, 0.2) is 0 Å². The van der Waals surface area contributed by atoms with E-state index in [1.807, 2.05) is 30.3 Å². The third kappa shape index (κ3) is 3.02. The van der Waals surface area contributed by atoms with Crippen LogP contribution in [0.3, 0.4) is 0 Å². The van der Waals surface area contributed by atoms with Gasteiger partial charge in [-0.1, -0.05) is 30.3 Å². The first-order chi connectivity index (χ1) is 12.8. The molecule has 1 aromatic heterocycles. The van der Waals surface area contributed by atoms with Crippen LogP contribution in [0.4, 0.5) is 17.6 Å². The highest BCUT2D eigenvalue weighted by molar-refractivity contribution is 5.84. The summed E-state index contributed by atoms with van der Waals surface area (Å²) in [7, 11) is 0. The van der Waals surface area contributed by atoms with Gasteiger partial charge in [-0.3, -0.25) is 4.79 Å². The molecule has 8 heteroatoms. The van der Waals surface area contributed by atoms with Gasteiger partial charge in [0.2, 0.25) is 5.88 Å². The van der Waals surface area contributed by atoms with Crippen LogP contribution < -0.4 is 4.74 Å². The van der Waals surface area contributed by atoms with E-state index < -0.39 is 23.4 Å². The summed E-state index contributed by atoms with van der Waals surface area (Å²) in [5.41, 5.74) is -0.138. The third-order valence-electron chi connectivity index (χ3n) is 5.25. The van der Waals surface area contributed by atoms with E-state index in [-0.39, 0.29) is 30.5 Å². The number of benzene rings is 1. The van der Waals surface area contributed by atoms with Crippen LogP contribution in [0.5, 0.6) is 5.88 Å². The smallest absolute Gasteiger partial charge is 0.471 e. The highest BCUT2D eigenvalue weighted by atomic mass is 19.4. The second kappa shape index (κ2) is 6.21. The SMILES string of the molecule is O=C(N1CCC2CC21c1cc(F)cnc1OCc1ccccc1)C(F)(F)F. The number of pyridine rings is 1. The van der Waals surface area contributed by atoms with Crippen molar-refractivity contribution in [3.8, 4) is 5.88 Å². The summed E-state index contributed by atoms with van der Waals surface area (Å²) in [6.07, 6.45) is -3.23. The van der Waals surface area contributed by atoms with Gasteiger partial charge in [-0.05, 0) is 30.4 Å². The molecule has 0 bridgehead atoms. The van der Waals surface area contributed by atoms with E-state index in [2.05, 4.69) is 4.98 Å². The zero-order chi connectivity index (χ0) is 19.2. The predicted octanol–water partition coefficient (Wildman–Crippen LogP) is 3.81. The topological polar surface area (TPSA) is 42.4 Å². The van der Waals surface area contributed by atoms with Gasteiger partial charge in [0.25, 0.3) is 0 Å². The zero-order valence-electron chi connectivity index (χ0n) is 14.2. The second-order valence-electron chi connectivity index (χ2n) is 6.85. The maximum Gasteiger partial charge on any atom is 0.471 e. The molecule has 0 radical (unpaired) electrons. The summed E-state index contributed by atoms with van der Waals surface area (Å²) in [6, 6.07) is 10.3. The number of piperidine rings is 1. The summed E-state index contributed by atoms with van der Waals surface area (Å²) < 4.78 is 58.6. The molecule has 1 saturated heterocycles. The first-order valence-corrected chi connectivity index (χ1v) is 8.54. The number of alkyl halides is 3. The van der Waals surface area contributed by atoms with E-state index in [0.29, 0.717) is 12.8 Å². The lowest BCUT2D eigenvalue weighted by molar-refractivity contribution is -0.188. The van der Waals surface area contributed by atoms with E-state index in [4.69, 9.17) is 4.74 Å². The van der Waals surface area contributed by atoms with Crippen molar-refractivity contribution >= 4 is 5.91 Å². The van der Waals surface area contributed by atoms with Gasteiger partial charge < -0.3 is 9.64 Å². The lowest BCUT2D eigenvalue weighted by Crippen LogP contribution is -2.45. The molecule has 2 aromatic rings. The molecule has 1 aliphatic carbocycles. The third-order valence-corrected chi connectivity index (χ3v) is 5.25. The molecule has 1 aliphatic heterocycles. The highest BCUT2D eigenvalue weighted by Gasteiger charge is 2.68. The Morgan fingerprint density at radius 3 is 2.70 bits per heavy atom. The average molecular weight is 380 g/mol. The van der Waals surface area contributed by atoms with Gasteiger partial charge in [0.1, 0.15) is 12.4 Å². The monoisotopic (exact) mass is 380 g/mol. The maximum atomic E-state index is 13.9. The molecule has 1 amide bonds. The van der Waals surface area contributed by atoms with Crippen LogP contribution in [-0.2, 0) is 16.9 Å². The minimum absolute atomic E-state index is 0.0162. The molecule has 4 rings (SSSR count). The molecule has 2 unspecified atom stereocenters. The molecule has 2 atom stereocenters. The van der Waals surface area contributed by atoms with Crippen LogP contribution in [0.25, 0.3) is 0 Å². The molecule has 2 fully saturated rings. The van der Waals surface area contributed by atoms with Crippen LogP contribution in [0.15, 0.2) is 42.6 Å². The van der Waals surface area contributed by atoms with Gasteiger partial charge in [-0.15, -0.1) is 0 Å². The molecule has 4 nitrogen and oxygen atoms in total. The van der Waals surface area contributed by atoms with Crippen molar-refractivity contribution in [1.82, 2.24) is 9.88 Å². The first kappa shape index (κ1) is 17.8. The zero-order valence-corrected chi connectivity index (χ0v) is 14.2. The molecule has 142 valence electrons. The van der Waals surface area contributed by atoms with E-state index in [9.17, 15) is 22.4 Å². The second-order valence-corrected chi connectivity index (χ2v) is 6.85. The molecule has 1 aromatic carbocycles. The standard InChI is InChI=1S/C19H16F4N2O2/c20-14-8-15(16(24-10-14)27-11-12-4-2-1-3-5-12)18-9-13(18)6-7-25(18)17(26)19(21,22)23/h1-5,8,10,13H,6-7,9,11H2. The lowest BCUT2D eigenvalue weighted by Gasteiger charge is -2.30. The molecule has 27 heavy (non-hydrogen) atoms. The number of ether oxygens (including phenoxy) is 1. The number of hydrogen-bond acceptors (Lipinski definition) is 3. The average Bonchev–Trinajstić information content (AvgIpc) is 3.26. The Labute approximate surface area is 152 Å². The fourth-order valence-corrected chi connectivity index (χ4v) is 3.96. The van der Waals surface area contributed by atoms with Crippen molar-refractivity contribution in [2.24, 2.45) is 5.92 Å². The Bertz CT molecular complexity index is 872. The van der Waals surface area contributed by atoms with Crippen molar-refractivity contribution < 1.29 is 27.1 Å². The number of halogens is 4. The van der Waals surface area contributed by atoms with E-state index in [0.717, 1.165) is 22.7 Å². The Morgan fingerprint density at radius 1 is 1.30 bits per heavy atom. The minimum atomic E-state index is -4.98. The molecule has 2 heterocycles. The molecular formula is C19H16F4N2O2. The van der Waals surface area contributed by atoms with Gasteiger partial charge in [0.05, 0.1) is 11.7 Å². The predicted molar refractivity (Wildman–Crippen MR) is 87.1 cm³/mol. The normalized spacial score (nSPS) is 23.9. The largest absolute Gasteiger partial charge is 0.473 e. The van der Waals surface area contributed by atoms with Crippen LogP contribution in [0.2, 0.25) is 0 Å². The van der Waals surface area contributed by atoms with Gasteiger partial charge in [-0.25, -0.2) is 9.37 Å². The fraction of sp³-hybridized carbons (Fsp3) is 0.368. The number of nitrogens with zero attached hydrogens (tertiary/aromatic N) is 2. The first-order valence-electron chi connectivity index (χ1n) is 8.54. The quantitative estimate of drug-likeness (QED) is 0.758. The number of aromatic nitrogens is 1. The Hall–Kier alpha value is -2.64. The number of fused-ring (bicyclic) bond motifs is 1. The molecule has 0 N–H and O–H groups in total. The Morgan fingerprint density at radius 2 is 2.04 bits per heavy atom. The molecule has 1 saturated carbocycles. The molecular weight excluding hydrogens is 364 g/mol. The van der Waals surface area contributed by atoms with Crippen molar-refractivity contribution in [2.45, 2.75) is 31.2 Å². The van der Waals surface area contributed by atoms with Crippen molar-refractivity contribution in [1.29, 1.82) is 0 Å². The van der Waals surface area contributed by atoms with Gasteiger partial charge >= 0.3 is 12.1 Å². The molecule has 2 aliphatic rings. The van der Waals surface area contributed by atoms with E-state index in [1.54, 1.807) is 0 Å². The van der Waals surface area contributed by atoms with Crippen molar-refractivity contribution in [3.63, 3.8) is 0 Å². The van der Waals surface area contributed by atoms with Gasteiger partial charge in [-0.2, -0.15) is 13.2 Å². The summed E-state index contributed by atoms with van der Waals surface area (Å²) in [4.78, 5) is 16.7. The number of carbonyl (C=O) groups excluding carboxylic acids is 1. The Kier molecular flexibility index (Phi) is 4.09. The summed E-state index contributed by atoms with van der Waals surface area (Å²) in [5, 5.41) is 0. The van der Waals surface area contributed by atoms with E-state index >= 15 is 0 Å². The lowest BCUT2D eigenvalue weighted by atomic mass is 10.0. The van der Waals surface area contributed by atoms with Crippen LogP contribution in [0, 0.1) is 11.7 Å². The van der Waals surface area contributed by atoms with Crippen LogP contribution >= 0.6 is 0 Å². The number of likely N-dealkylation sites (tertiary alicyclic amines) is 1. The molecule has 0 spiro atoms. The summed E-state index contributed by atoms with van der Waals surface area (Å²) in [6.45, 7) is 0.123. The number of carbonyl (C=O) groups is 1. The van der Waals surface area contributed by atoms with Crippen molar-refractivity contribution in [2.75, 3.05) is 6.54 Å². The number of hydrogen-bond donors (Lipinski definition) is 0. The Balaban J connectivity index is 1.67. The van der Waals surface area contributed by atoms with Crippen LogP contribution in [-0.4, -0.2) is 28.5 Å². The minimum Gasteiger partial charge on any atom is -0.473 e. The van der Waals surface area contributed by atoms with Crippen LogP contribution in [0.1, 0.15) is 24.0 Å². The summed E-state index contributed by atoms with van der Waals surface area (Å²) in [5.74, 6) is -2.67.